The Labute approximate surface area is 141 Å². The molecule has 0 unspecified atom stereocenters. The first-order valence-electron chi connectivity index (χ1n) is 7.04. The van der Waals surface area contributed by atoms with Gasteiger partial charge in [-0.1, -0.05) is 0 Å². The van der Waals surface area contributed by atoms with Crippen LogP contribution in [0.2, 0.25) is 0 Å². The van der Waals surface area contributed by atoms with Gasteiger partial charge in [0.25, 0.3) is 0 Å². The van der Waals surface area contributed by atoms with Crippen LogP contribution in [0.3, 0.4) is 0 Å². The Hall–Kier alpha value is -2.22. The molecule has 8 heteroatoms. The Balaban J connectivity index is 2.22. The van der Waals surface area contributed by atoms with E-state index < -0.39 is 23.4 Å². The van der Waals surface area contributed by atoms with Gasteiger partial charge in [-0.2, -0.15) is 8.78 Å². The van der Waals surface area contributed by atoms with Crippen molar-refractivity contribution in [1.82, 2.24) is 4.98 Å². The summed E-state index contributed by atoms with van der Waals surface area (Å²) in [6.45, 7) is 5.74. The van der Waals surface area contributed by atoms with Gasteiger partial charge in [-0.3, -0.25) is 0 Å². The normalized spacial score (nSPS) is 13.2. The van der Waals surface area contributed by atoms with E-state index in [4.69, 9.17) is 9.47 Å². The SMILES string of the molecule is CC(C)(C)OC(=O)Oc1ccc2sc(/C=C(\O)C(C)(F)F)nc2c1. The third kappa shape index (κ3) is 4.89. The van der Waals surface area contributed by atoms with E-state index in [-0.39, 0.29) is 10.8 Å². The summed E-state index contributed by atoms with van der Waals surface area (Å²) in [5.74, 6) is -4.17. The molecule has 1 aromatic heterocycles. The number of fused-ring (bicyclic) bond motifs is 1. The van der Waals surface area contributed by atoms with Crippen molar-refractivity contribution in [2.45, 2.75) is 39.2 Å². The number of nitrogens with zero attached hydrogens (tertiary/aromatic N) is 1. The lowest BCUT2D eigenvalue weighted by molar-refractivity contribution is 0.0200. The van der Waals surface area contributed by atoms with Crippen LogP contribution in [-0.4, -0.2) is 27.8 Å². The zero-order chi connectivity index (χ0) is 18.1. The third-order valence-corrected chi connectivity index (χ3v) is 3.66. The van der Waals surface area contributed by atoms with Crippen molar-refractivity contribution in [3.8, 4) is 5.75 Å². The quantitative estimate of drug-likeness (QED) is 0.466. The molecule has 24 heavy (non-hydrogen) atoms. The smallest absolute Gasteiger partial charge is 0.506 e. The Morgan fingerprint density at radius 1 is 1.29 bits per heavy atom. The van der Waals surface area contributed by atoms with Crippen molar-refractivity contribution in [3.63, 3.8) is 0 Å². The van der Waals surface area contributed by atoms with Gasteiger partial charge in [0.1, 0.15) is 16.4 Å². The Morgan fingerprint density at radius 3 is 2.54 bits per heavy atom. The number of rotatable bonds is 3. The van der Waals surface area contributed by atoms with E-state index in [9.17, 15) is 18.7 Å². The average molecular weight is 357 g/mol. The number of aromatic nitrogens is 1. The van der Waals surface area contributed by atoms with Gasteiger partial charge in [-0.25, -0.2) is 9.78 Å². The standard InChI is InChI=1S/C16H17F2NO4S/c1-15(2,3)23-14(21)22-9-5-6-11-10(7-9)19-13(24-11)8-12(20)16(4,17)18/h5-8,20H,1-4H3/b12-8-. The van der Waals surface area contributed by atoms with Crippen molar-refractivity contribution in [2.24, 2.45) is 0 Å². The molecule has 0 fully saturated rings. The minimum Gasteiger partial charge on any atom is -0.506 e. The van der Waals surface area contributed by atoms with Gasteiger partial charge in [0, 0.05) is 19.1 Å². The number of aliphatic hydroxyl groups is 1. The topological polar surface area (TPSA) is 68.7 Å². The Bertz CT molecular complexity index is 787. The number of thiazole rings is 1. The van der Waals surface area contributed by atoms with Crippen LogP contribution in [0, 0.1) is 0 Å². The average Bonchev–Trinajstić information content (AvgIpc) is 2.76. The highest BCUT2D eigenvalue weighted by Crippen LogP contribution is 2.29. The maximum atomic E-state index is 13.0. The van der Waals surface area contributed by atoms with Crippen molar-refractivity contribution in [1.29, 1.82) is 0 Å². The highest BCUT2D eigenvalue weighted by molar-refractivity contribution is 7.19. The summed E-state index contributed by atoms with van der Waals surface area (Å²) in [4.78, 5) is 15.8. The molecule has 0 atom stereocenters. The lowest BCUT2D eigenvalue weighted by Gasteiger charge is -2.18. The molecule has 0 bridgehead atoms. The fraction of sp³-hybridized carbons (Fsp3) is 0.375. The third-order valence-electron chi connectivity index (χ3n) is 2.68. The second-order valence-electron chi connectivity index (χ2n) is 6.17. The van der Waals surface area contributed by atoms with E-state index in [2.05, 4.69) is 4.98 Å². The summed E-state index contributed by atoms with van der Waals surface area (Å²) < 4.78 is 36.8. The second-order valence-corrected chi connectivity index (χ2v) is 7.23. The molecule has 0 aliphatic heterocycles. The molecule has 0 saturated heterocycles. The number of halogens is 2. The Morgan fingerprint density at radius 2 is 1.96 bits per heavy atom. The number of alkyl halides is 2. The van der Waals surface area contributed by atoms with Gasteiger partial charge >= 0.3 is 12.1 Å². The highest BCUT2D eigenvalue weighted by atomic mass is 32.1. The van der Waals surface area contributed by atoms with Gasteiger partial charge in [-0.15, -0.1) is 11.3 Å². The minimum absolute atomic E-state index is 0.221. The van der Waals surface area contributed by atoms with Crippen molar-refractivity contribution >= 4 is 33.8 Å². The number of benzene rings is 1. The summed E-state index contributed by atoms with van der Waals surface area (Å²) in [5.41, 5.74) is -0.220. The number of hydrogen-bond acceptors (Lipinski definition) is 6. The molecule has 130 valence electrons. The number of aliphatic hydroxyl groups excluding tert-OH is 1. The van der Waals surface area contributed by atoms with Crippen LogP contribution in [-0.2, 0) is 4.74 Å². The summed E-state index contributed by atoms with van der Waals surface area (Å²) in [7, 11) is 0. The van der Waals surface area contributed by atoms with E-state index in [1.165, 1.54) is 6.07 Å². The zero-order valence-electron chi connectivity index (χ0n) is 13.6. The first-order chi connectivity index (χ1) is 10.9. The fourth-order valence-electron chi connectivity index (χ4n) is 1.66. The molecule has 1 heterocycles. The predicted octanol–water partition coefficient (Wildman–Crippen LogP) is 5.16. The lowest BCUT2D eigenvalue weighted by Crippen LogP contribution is -2.25. The molecular formula is C16H17F2NO4S. The summed E-state index contributed by atoms with van der Waals surface area (Å²) in [6, 6.07) is 4.69. The van der Waals surface area contributed by atoms with Crippen molar-refractivity contribution in [3.05, 3.63) is 29.0 Å². The molecule has 1 aromatic carbocycles. The van der Waals surface area contributed by atoms with E-state index in [1.54, 1.807) is 32.9 Å². The van der Waals surface area contributed by atoms with E-state index in [0.717, 1.165) is 17.4 Å². The first kappa shape index (κ1) is 18.1. The molecule has 0 aliphatic rings. The minimum atomic E-state index is -3.33. The number of allylic oxidation sites excluding steroid dienone is 1. The van der Waals surface area contributed by atoms with Crippen molar-refractivity contribution < 1.29 is 28.2 Å². The van der Waals surface area contributed by atoms with Crippen LogP contribution < -0.4 is 4.74 Å². The van der Waals surface area contributed by atoms with Gasteiger partial charge in [0.05, 0.1) is 10.2 Å². The van der Waals surface area contributed by atoms with Crippen LogP contribution in [0.1, 0.15) is 32.7 Å². The predicted molar refractivity (Wildman–Crippen MR) is 87.7 cm³/mol. The molecule has 1 N–H and O–H groups in total. The van der Waals surface area contributed by atoms with Crippen LogP contribution in [0.4, 0.5) is 13.6 Å². The zero-order valence-corrected chi connectivity index (χ0v) is 14.4. The molecule has 0 radical (unpaired) electrons. The first-order valence-corrected chi connectivity index (χ1v) is 7.86. The van der Waals surface area contributed by atoms with Gasteiger partial charge in [-0.05, 0) is 32.9 Å². The van der Waals surface area contributed by atoms with Gasteiger partial charge in [0.2, 0.25) is 0 Å². The van der Waals surface area contributed by atoms with Crippen LogP contribution >= 0.6 is 11.3 Å². The van der Waals surface area contributed by atoms with Crippen LogP contribution in [0.15, 0.2) is 24.0 Å². The molecule has 5 nitrogen and oxygen atoms in total. The summed E-state index contributed by atoms with van der Waals surface area (Å²) in [5, 5.41) is 9.56. The van der Waals surface area contributed by atoms with E-state index in [0.29, 0.717) is 17.1 Å². The molecule has 2 rings (SSSR count). The van der Waals surface area contributed by atoms with Crippen LogP contribution in [0.5, 0.6) is 5.75 Å². The molecule has 2 aromatic rings. The Kier molecular flexibility index (Phi) is 4.80. The molecule has 0 amide bonds. The molecular weight excluding hydrogens is 340 g/mol. The highest BCUT2D eigenvalue weighted by Gasteiger charge is 2.27. The monoisotopic (exact) mass is 357 g/mol. The summed E-state index contributed by atoms with van der Waals surface area (Å²) in [6.07, 6.45) is 0.0689. The van der Waals surface area contributed by atoms with Crippen molar-refractivity contribution in [2.75, 3.05) is 0 Å². The number of ether oxygens (including phenoxy) is 2. The summed E-state index contributed by atoms with van der Waals surface area (Å²) >= 11 is 1.13. The van der Waals surface area contributed by atoms with Crippen LogP contribution in [0.25, 0.3) is 16.3 Å². The van der Waals surface area contributed by atoms with E-state index in [1.807, 2.05) is 0 Å². The number of hydrogen-bond donors (Lipinski definition) is 1. The van der Waals surface area contributed by atoms with Gasteiger partial charge in [0.15, 0.2) is 5.76 Å². The lowest BCUT2D eigenvalue weighted by atomic mass is 10.2. The maximum Gasteiger partial charge on any atom is 0.514 e. The maximum absolute atomic E-state index is 13.0. The fourth-order valence-corrected chi connectivity index (χ4v) is 2.55. The second kappa shape index (κ2) is 6.35. The number of carbonyl (C=O) groups excluding carboxylic acids is 1. The molecule has 0 aliphatic carbocycles. The molecule has 0 saturated carbocycles. The van der Waals surface area contributed by atoms with E-state index >= 15 is 0 Å². The molecule has 0 spiro atoms. The van der Waals surface area contributed by atoms with Gasteiger partial charge < -0.3 is 14.6 Å². The largest absolute Gasteiger partial charge is 0.514 e. The number of carbonyl (C=O) groups is 1.